The lowest BCUT2D eigenvalue weighted by Gasteiger charge is -2.11. The van der Waals surface area contributed by atoms with E-state index in [-0.39, 0.29) is 4.90 Å². The van der Waals surface area contributed by atoms with Gasteiger partial charge in [0.1, 0.15) is 6.07 Å². The molecule has 17 heavy (non-hydrogen) atoms. The highest BCUT2D eigenvalue weighted by molar-refractivity contribution is 7.89. The fourth-order valence-corrected chi connectivity index (χ4v) is 2.49. The number of nitrogens with zero attached hydrogens (tertiary/aromatic N) is 2. The highest BCUT2D eigenvalue weighted by Gasteiger charge is 2.18. The van der Waals surface area contributed by atoms with Crippen LogP contribution in [0, 0.1) is 11.3 Å². The summed E-state index contributed by atoms with van der Waals surface area (Å²) in [5.41, 5.74) is 1.19. The first-order valence-corrected chi connectivity index (χ1v) is 6.34. The third-order valence-corrected chi connectivity index (χ3v) is 4.36. The van der Waals surface area contributed by atoms with Crippen molar-refractivity contribution in [3.05, 3.63) is 30.0 Å². The monoisotopic (exact) mass is 249 g/mol. The van der Waals surface area contributed by atoms with Crippen molar-refractivity contribution in [1.82, 2.24) is 9.29 Å². The van der Waals surface area contributed by atoms with Crippen molar-refractivity contribution in [3.8, 4) is 6.07 Å². The second kappa shape index (κ2) is 3.87. The molecule has 0 saturated carbocycles. The Bertz CT molecular complexity index is 708. The average molecular weight is 249 g/mol. The average Bonchev–Trinajstić information content (AvgIpc) is 2.70. The fourth-order valence-electron chi connectivity index (χ4n) is 1.56. The van der Waals surface area contributed by atoms with Gasteiger partial charge < -0.3 is 4.98 Å². The second-order valence-electron chi connectivity index (χ2n) is 3.81. The van der Waals surface area contributed by atoms with Gasteiger partial charge in [0.15, 0.2) is 0 Å². The van der Waals surface area contributed by atoms with E-state index in [2.05, 4.69) is 4.98 Å². The quantitative estimate of drug-likeness (QED) is 0.871. The number of nitriles is 1. The highest BCUT2D eigenvalue weighted by atomic mass is 32.2. The van der Waals surface area contributed by atoms with Crippen LogP contribution in [0.2, 0.25) is 0 Å². The molecule has 88 valence electrons. The Hall–Kier alpha value is -1.84. The Morgan fingerprint density at radius 2 is 2.06 bits per heavy atom. The molecule has 0 saturated heterocycles. The standard InChI is InChI=1S/C11H11N3O2S/c1-14(2)17(15,16)9-3-4-11-10(5-9)8(6-12)7-13-11/h3-5,7,13H,1-2H3. The Morgan fingerprint density at radius 3 is 2.65 bits per heavy atom. The number of rotatable bonds is 2. The summed E-state index contributed by atoms with van der Waals surface area (Å²) in [5, 5.41) is 9.52. The molecule has 0 atom stereocenters. The SMILES string of the molecule is CN(C)S(=O)(=O)c1ccc2[nH]cc(C#N)c2c1. The van der Waals surface area contributed by atoms with Crippen LogP contribution in [0.4, 0.5) is 0 Å². The van der Waals surface area contributed by atoms with E-state index in [0.717, 1.165) is 9.82 Å². The smallest absolute Gasteiger partial charge is 0.242 e. The van der Waals surface area contributed by atoms with E-state index >= 15 is 0 Å². The first-order valence-electron chi connectivity index (χ1n) is 4.90. The van der Waals surface area contributed by atoms with Crippen molar-refractivity contribution in [2.75, 3.05) is 14.1 Å². The van der Waals surface area contributed by atoms with Gasteiger partial charge >= 0.3 is 0 Å². The number of hydrogen-bond donors (Lipinski definition) is 1. The Labute approximate surface area is 99.3 Å². The number of H-pyrrole nitrogens is 1. The van der Waals surface area contributed by atoms with Crippen LogP contribution in [-0.4, -0.2) is 31.8 Å². The largest absolute Gasteiger partial charge is 0.360 e. The number of sulfonamides is 1. The summed E-state index contributed by atoms with van der Waals surface area (Å²) >= 11 is 0. The highest BCUT2D eigenvalue weighted by Crippen LogP contribution is 2.22. The molecular formula is C11H11N3O2S. The fraction of sp³-hybridized carbons (Fsp3) is 0.182. The maximum Gasteiger partial charge on any atom is 0.242 e. The van der Waals surface area contributed by atoms with Gasteiger partial charge in [0, 0.05) is 31.2 Å². The van der Waals surface area contributed by atoms with E-state index in [1.807, 2.05) is 6.07 Å². The lowest BCUT2D eigenvalue weighted by atomic mass is 10.2. The molecule has 0 radical (unpaired) electrons. The van der Waals surface area contributed by atoms with Crippen LogP contribution < -0.4 is 0 Å². The number of hydrogen-bond acceptors (Lipinski definition) is 3. The maximum atomic E-state index is 11.9. The van der Waals surface area contributed by atoms with Gasteiger partial charge in [-0.3, -0.25) is 0 Å². The number of fused-ring (bicyclic) bond motifs is 1. The molecule has 2 rings (SSSR count). The molecule has 0 aliphatic carbocycles. The van der Waals surface area contributed by atoms with Crippen molar-refractivity contribution in [2.45, 2.75) is 4.90 Å². The molecule has 0 bridgehead atoms. The van der Waals surface area contributed by atoms with Crippen molar-refractivity contribution >= 4 is 20.9 Å². The third kappa shape index (κ3) is 1.79. The predicted molar refractivity (Wildman–Crippen MR) is 63.9 cm³/mol. The molecule has 5 nitrogen and oxygen atoms in total. The summed E-state index contributed by atoms with van der Waals surface area (Å²) in [5.74, 6) is 0. The van der Waals surface area contributed by atoms with Crippen LogP contribution in [-0.2, 0) is 10.0 Å². The van der Waals surface area contributed by atoms with Crippen molar-refractivity contribution in [3.63, 3.8) is 0 Å². The first-order chi connectivity index (χ1) is 7.96. The number of aromatic nitrogens is 1. The summed E-state index contributed by atoms with van der Waals surface area (Å²) in [7, 11) is -0.513. The first kappa shape index (κ1) is 11.6. The zero-order valence-corrected chi connectivity index (χ0v) is 10.2. The van der Waals surface area contributed by atoms with Crippen LogP contribution in [0.1, 0.15) is 5.56 Å². The summed E-state index contributed by atoms with van der Waals surface area (Å²) in [6.45, 7) is 0. The van der Waals surface area contributed by atoms with E-state index in [1.54, 1.807) is 12.3 Å². The molecule has 2 aromatic rings. The zero-order chi connectivity index (χ0) is 12.6. The molecule has 0 aliphatic heterocycles. The normalized spacial score (nSPS) is 11.9. The van der Waals surface area contributed by atoms with Gasteiger partial charge in [-0.05, 0) is 18.2 Å². The molecule has 0 unspecified atom stereocenters. The Morgan fingerprint density at radius 1 is 1.35 bits per heavy atom. The molecule has 1 aromatic carbocycles. The van der Waals surface area contributed by atoms with Gasteiger partial charge in [-0.2, -0.15) is 5.26 Å². The Balaban J connectivity index is 2.71. The molecule has 0 aliphatic rings. The number of benzene rings is 1. The molecule has 1 N–H and O–H groups in total. The van der Waals surface area contributed by atoms with Gasteiger partial charge in [-0.25, -0.2) is 12.7 Å². The molecule has 6 heteroatoms. The van der Waals surface area contributed by atoms with Gasteiger partial charge in [0.2, 0.25) is 10.0 Å². The number of nitrogens with one attached hydrogen (secondary N) is 1. The minimum atomic E-state index is -3.46. The van der Waals surface area contributed by atoms with Crippen LogP contribution in [0.5, 0.6) is 0 Å². The summed E-state index contributed by atoms with van der Waals surface area (Å²) in [6, 6.07) is 6.71. The Kier molecular flexibility index (Phi) is 2.65. The third-order valence-electron chi connectivity index (χ3n) is 2.55. The second-order valence-corrected chi connectivity index (χ2v) is 5.96. The topological polar surface area (TPSA) is 77.0 Å². The van der Waals surface area contributed by atoms with Gasteiger partial charge in [-0.15, -0.1) is 0 Å². The lowest BCUT2D eigenvalue weighted by Crippen LogP contribution is -2.22. The van der Waals surface area contributed by atoms with E-state index in [9.17, 15) is 8.42 Å². The van der Waals surface area contributed by atoms with Crippen molar-refractivity contribution < 1.29 is 8.42 Å². The van der Waals surface area contributed by atoms with Crippen LogP contribution >= 0.6 is 0 Å². The number of aromatic amines is 1. The molecule has 0 fully saturated rings. The molecular weight excluding hydrogens is 238 g/mol. The van der Waals surface area contributed by atoms with E-state index < -0.39 is 10.0 Å². The van der Waals surface area contributed by atoms with Gasteiger partial charge in [0.25, 0.3) is 0 Å². The molecule has 0 amide bonds. The van der Waals surface area contributed by atoms with Gasteiger partial charge in [0.05, 0.1) is 10.5 Å². The van der Waals surface area contributed by atoms with E-state index in [4.69, 9.17) is 5.26 Å². The minimum absolute atomic E-state index is 0.186. The maximum absolute atomic E-state index is 11.9. The van der Waals surface area contributed by atoms with E-state index in [1.165, 1.54) is 26.2 Å². The van der Waals surface area contributed by atoms with Crippen LogP contribution in [0.3, 0.4) is 0 Å². The van der Waals surface area contributed by atoms with Crippen LogP contribution in [0.15, 0.2) is 29.3 Å². The van der Waals surface area contributed by atoms with E-state index in [0.29, 0.717) is 10.9 Å². The minimum Gasteiger partial charge on any atom is -0.360 e. The zero-order valence-electron chi connectivity index (χ0n) is 9.43. The summed E-state index contributed by atoms with van der Waals surface area (Å²) < 4.78 is 25.0. The molecule has 1 aromatic heterocycles. The lowest BCUT2D eigenvalue weighted by molar-refractivity contribution is 0.521. The van der Waals surface area contributed by atoms with Crippen molar-refractivity contribution in [2.24, 2.45) is 0 Å². The summed E-state index contributed by atoms with van der Waals surface area (Å²) in [4.78, 5) is 3.10. The predicted octanol–water partition coefficient (Wildman–Crippen LogP) is 1.29. The summed E-state index contributed by atoms with van der Waals surface area (Å²) in [6.07, 6.45) is 1.57. The van der Waals surface area contributed by atoms with Gasteiger partial charge in [-0.1, -0.05) is 0 Å². The molecule has 0 spiro atoms. The van der Waals surface area contributed by atoms with Crippen molar-refractivity contribution in [1.29, 1.82) is 5.26 Å². The van der Waals surface area contributed by atoms with Crippen LogP contribution in [0.25, 0.3) is 10.9 Å². The molecule has 1 heterocycles.